The summed E-state index contributed by atoms with van der Waals surface area (Å²) in [6, 6.07) is 27.6. The van der Waals surface area contributed by atoms with E-state index in [0.717, 1.165) is 12.2 Å². The molecule has 0 aliphatic rings. The number of benzene rings is 3. The molecule has 2 heteroatoms. The lowest BCUT2D eigenvalue weighted by Crippen LogP contribution is -1.95. The molecule has 4 aromatic rings. The standard InChI is InChI=1S/C23H21NO/c1-24-22-11-7-6-10-20(22)21(23(24)18-8-4-3-5-9-18)16-17-12-14-19(25-2)15-13-17/h3-15H,16H2,1-2H3. The van der Waals surface area contributed by atoms with Gasteiger partial charge in [0.2, 0.25) is 0 Å². The lowest BCUT2D eigenvalue weighted by Gasteiger charge is -2.09. The summed E-state index contributed by atoms with van der Waals surface area (Å²) in [5.74, 6) is 0.893. The zero-order valence-corrected chi connectivity index (χ0v) is 14.6. The Kier molecular flexibility index (Phi) is 4.02. The van der Waals surface area contributed by atoms with Crippen LogP contribution in [-0.2, 0) is 13.5 Å². The average Bonchev–Trinajstić information content (AvgIpc) is 2.95. The zero-order chi connectivity index (χ0) is 17.2. The number of para-hydroxylation sites is 1. The summed E-state index contributed by atoms with van der Waals surface area (Å²) in [4.78, 5) is 0. The minimum atomic E-state index is 0.893. The molecule has 0 aliphatic heterocycles. The molecule has 0 amide bonds. The molecule has 2 nitrogen and oxygen atoms in total. The van der Waals surface area contributed by atoms with E-state index in [-0.39, 0.29) is 0 Å². The predicted octanol–water partition coefficient (Wildman–Crippen LogP) is 5.44. The van der Waals surface area contributed by atoms with Crippen molar-refractivity contribution in [2.24, 2.45) is 7.05 Å². The fourth-order valence-electron chi connectivity index (χ4n) is 3.56. The second kappa shape index (κ2) is 6.48. The Hall–Kier alpha value is -3.00. The van der Waals surface area contributed by atoms with Crippen LogP contribution < -0.4 is 4.74 Å². The zero-order valence-electron chi connectivity index (χ0n) is 14.6. The Morgan fingerprint density at radius 1 is 0.800 bits per heavy atom. The molecule has 0 spiro atoms. The van der Waals surface area contributed by atoms with Crippen LogP contribution in [0.5, 0.6) is 5.75 Å². The van der Waals surface area contributed by atoms with E-state index < -0.39 is 0 Å². The van der Waals surface area contributed by atoms with Crippen LogP contribution in [-0.4, -0.2) is 11.7 Å². The molecular weight excluding hydrogens is 306 g/mol. The van der Waals surface area contributed by atoms with Crippen LogP contribution in [0.2, 0.25) is 0 Å². The summed E-state index contributed by atoms with van der Waals surface area (Å²) in [5, 5.41) is 1.32. The number of hydrogen-bond donors (Lipinski definition) is 0. The predicted molar refractivity (Wildman–Crippen MR) is 104 cm³/mol. The van der Waals surface area contributed by atoms with Gasteiger partial charge in [0.15, 0.2) is 0 Å². The van der Waals surface area contributed by atoms with Crippen LogP contribution in [0.3, 0.4) is 0 Å². The maximum atomic E-state index is 5.28. The van der Waals surface area contributed by atoms with Crippen molar-refractivity contribution in [3.63, 3.8) is 0 Å². The monoisotopic (exact) mass is 327 g/mol. The van der Waals surface area contributed by atoms with E-state index in [1.807, 2.05) is 12.1 Å². The molecule has 3 aromatic carbocycles. The Morgan fingerprint density at radius 2 is 1.48 bits per heavy atom. The van der Waals surface area contributed by atoms with Gasteiger partial charge >= 0.3 is 0 Å². The maximum absolute atomic E-state index is 5.28. The SMILES string of the molecule is COc1ccc(Cc2c(-c3ccccc3)n(C)c3ccccc23)cc1. The molecule has 0 bridgehead atoms. The molecular formula is C23H21NO. The first-order chi connectivity index (χ1) is 12.3. The van der Waals surface area contributed by atoms with Gasteiger partial charge in [0.05, 0.1) is 12.8 Å². The Balaban J connectivity index is 1.89. The second-order valence-corrected chi connectivity index (χ2v) is 6.29. The summed E-state index contributed by atoms with van der Waals surface area (Å²) in [7, 11) is 3.86. The molecule has 4 rings (SSSR count). The third kappa shape index (κ3) is 2.80. The van der Waals surface area contributed by atoms with E-state index in [0.29, 0.717) is 0 Å². The number of aromatic nitrogens is 1. The number of aryl methyl sites for hydroxylation is 1. The molecule has 124 valence electrons. The molecule has 0 N–H and O–H groups in total. The number of nitrogens with zero attached hydrogens (tertiary/aromatic N) is 1. The van der Waals surface area contributed by atoms with Gasteiger partial charge in [0.1, 0.15) is 5.75 Å². The minimum Gasteiger partial charge on any atom is -0.497 e. The number of ether oxygens (including phenoxy) is 1. The summed E-state index contributed by atoms with van der Waals surface area (Å²) in [6.07, 6.45) is 0.898. The fourth-order valence-corrected chi connectivity index (χ4v) is 3.56. The fraction of sp³-hybridized carbons (Fsp3) is 0.130. The van der Waals surface area contributed by atoms with E-state index in [1.165, 1.54) is 33.3 Å². The molecule has 0 fully saturated rings. The Bertz CT molecular complexity index is 998. The van der Waals surface area contributed by atoms with E-state index in [1.54, 1.807) is 7.11 Å². The van der Waals surface area contributed by atoms with Gasteiger partial charge < -0.3 is 9.30 Å². The van der Waals surface area contributed by atoms with Gasteiger partial charge in [0, 0.05) is 24.4 Å². The van der Waals surface area contributed by atoms with Crippen LogP contribution in [0.4, 0.5) is 0 Å². The highest BCUT2D eigenvalue weighted by atomic mass is 16.5. The van der Waals surface area contributed by atoms with Crippen molar-refractivity contribution in [1.29, 1.82) is 0 Å². The maximum Gasteiger partial charge on any atom is 0.118 e. The molecule has 0 aliphatic carbocycles. The lowest BCUT2D eigenvalue weighted by molar-refractivity contribution is 0.414. The van der Waals surface area contributed by atoms with E-state index in [4.69, 9.17) is 4.74 Å². The first-order valence-corrected chi connectivity index (χ1v) is 8.52. The highest BCUT2D eigenvalue weighted by molar-refractivity contribution is 5.92. The first-order valence-electron chi connectivity index (χ1n) is 8.52. The van der Waals surface area contributed by atoms with Crippen molar-refractivity contribution in [2.75, 3.05) is 7.11 Å². The van der Waals surface area contributed by atoms with Crippen molar-refractivity contribution in [1.82, 2.24) is 4.57 Å². The normalized spacial score (nSPS) is 11.0. The number of hydrogen-bond acceptors (Lipinski definition) is 1. The van der Waals surface area contributed by atoms with Crippen LogP contribution in [0.25, 0.3) is 22.2 Å². The molecule has 1 aromatic heterocycles. The van der Waals surface area contributed by atoms with Crippen molar-refractivity contribution >= 4 is 10.9 Å². The van der Waals surface area contributed by atoms with Gasteiger partial charge in [-0.1, -0.05) is 60.7 Å². The van der Waals surface area contributed by atoms with Gasteiger partial charge in [-0.25, -0.2) is 0 Å². The smallest absolute Gasteiger partial charge is 0.118 e. The first kappa shape index (κ1) is 15.5. The summed E-state index contributed by atoms with van der Waals surface area (Å²) in [6.45, 7) is 0. The Labute approximate surface area is 148 Å². The van der Waals surface area contributed by atoms with Crippen LogP contribution in [0, 0.1) is 0 Å². The summed E-state index contributed by atoms with van der Waals surface area (Å²) >= 11 is 0. The topological polar surface area (TPSA) is 14.2 Å². The quantitative estimate of drug-likeness (QED) is 0.486. The summed E-state index contributed by atoms with van der Waals surface area (Å²) in [5.41, 5.74) is 6.47. The van der Waals surface area contributed by atoms with Crippen molar-refractivity contribution in [3.8, 4) is 17.0 Å². The Morgan fingerprint density at radius 3 is 2.20 bits per heavy atom. The third-order valence-corrected chi connectivity index (χ3v) is 4.80. The minimum absolute atomic E-state index is 0.893. The van der Waals surface area contributed by atoms with Crippen molar-refractivity contribution < 1.29 is 4.74 Å². The average molecular weight is 327 g/mol. The van der Waals surface area contributed by atoms with Gasteiger partial charge in [-0.3, -0.25) is 0 Å². The number of rotatable bonds is 4. The van der Waals surface area contributed by atoms with Crippen molar-refractivity contribution in [2.45, 2.75) is 6.42 Å². The molecule has 0 atom stereocenters. The highest BCUT2D eigenvalue weighted by Gasteiger charge is 2.16. The van der Waals surface area contributed by atoms with Gasteiger partial charge in [-0.15, -0.1) is 0 Å². The van der Waals surface area contributed by atoms with Gasteiger partial charge in [0.25, 0.3) is 0 Å². The van der Waals surface area contributed by atoms with Crippen LogP contribution in [0.1, 0.15) is 11.1 Å². The van der Waals surface area contributed by atoms with E-state index in [9.17, 15) is 0 Å². The molecule has 0 saturated carbocycles. The van der Waals surface area contributed by atoms with Gasteiger partial charge in [-0.2, -0.15) is 0 Å². The van der Waals surface area contributed by atoms with Crippen LogP contribution >= 0.6 is 0 Å². The molecule has 0 radical (unpaired) electrons. The van der Waals surface area contributed by atoms with E-state index >= 15 is 0 Å². The molecule has 0 saturated heterocycles. The highest BCUT2D eigenvalue weighted by Crippen LogP contribution is 2.34. The van der Waals surface area contributed by atoms with Crippen molar-refractivity contribution in [3.05, 3.63) is 90.0 Å². The number of methoxy groups -OCH3 is 1. The van der Waals surface area contributed by atoms with Crippen LogP contribution in [0.15, 0.2) is 78.9 Å². The third-order valence-electron chi connectivity index (χ3n) is 4.80. The van der Waals surface area contributed by atoms with Gasteiger partial charge in [-0.05, 0) is 34.9 Å². The lowest BCUT2D eigenvalue weighted by atomic mass is 9.98. The summed E-state index contributed by atoms with van der Waals surface area (Å²) < 4.78 is 7.59. The second-order valence-electron chi connectivity index (χ2n) is 6.29. The molecule has 25 heavy (non-hydrogen) atoms. The number of fused-ring (bicyclic) bond motifs is 1. The van der Waals surface area contributed by atoms with E-state index in [2.05, 4.69) is 78.3 Å². The largest absolute Gasteiger partial charge is 0.497 e. The molecule has 0 unspecified atom stereocenters. The molecule has 1 heterocycles.